The highest BCUT2D eigenvalue weighted by Gasteiger charge is 2.31. The zero-order chi connectivity index (χ0) is 15.2. The van der Waals surface area contributed by atoms with Crippen molar-refractivity contribution in [2.24, 2.45) is 0 Å². The van der Waals surface area contributed by atoms with E-state index in [1.165, 1.54) is 19.3 Å². The number of amides is 1. The molecule has 0 aromatic carbocycles. The zero-order valence-corrected chi connectivity index (χ0v) is 13.6. The predicted molar refractivity (Wildman–Crippen MR) is 84.2 cm³/mol. The molecule has 0 radical (unpaired) electrons. The summed E-state index contributed by atoms with van der Waals surface area (Å²) in [6, 6.07) is 0.769. The lowest BCUT2D eigenvalue weighted by molar-refractivity contribution is -0.122. The minimum absolute atomic E-state index is 0.173. The van der Waals surface area contributed by atoms with Gasteiger partial charge in [0.05, 0.1) is 6.10 Å². The van der Waals surface area contributed by atoms with Gasteiger partial charge in [0.25, 0.3) is 0 Å². The van der Waals surface area contributed by atoms with Gasteiger partial charge in [-0.05, 0) is 33.4 Å². The van der Waals surface area contributed by atoms with E-state index < -0.39 is 0 Å². The topological polar surface area (TPSA) is 55.8 Å². The first kappa shape index (κ1) is 16.7. The standard InChI is InChI=1S/C16H31N3O2/c1-18(2)11-14-10-15(20)12-19(14)9-8-16(21)17-13-6-4-3-5-7-13/h13-15,20H,3-12H2,1-2H3,(H,17,21). The number of hydrogen-bond acceptors (Lipinski definition) is 4. The van der Waals surface area contributed by atoms with Crippen molar-refractivity contribution >= 4 is 5.91 Å². The van der Waals surface area contributed by atoms with Gasteiger partial charge in [0.2, 0.25) is 5.91 Å². The molecular formula is C16H31N3O2. The molecule has 2 aliphatic rings. The molecule has 2 atom stereocenters. The molecule has 122 valence electrons. The van der Waals surface area contributed by atoms with E-state index in [0.717, 1.165) is 32.4 Å². The van der Waals surface area contributed by atoms with Gasteiger partial charge >= 0.3 is 0 Å². The molecule has 1 saturated carbocycles. The van der Waals surface area contributed by atoms with Crippen molar-refractivity contribution in [2.75, 3.05) is 33.7 Å². The largest absolute Gasteiger partial charge is 0.392 e. The van der Waals surface area contributed by atoms with Crippen molar-refractivity contribution in [2.45, 2.75) is 63.1 Å². The van der Waals surface area contributed by atoms with Gasteiger partial charge < -0.3 is 15.3 Å². The molecule has 1 saturated heterocycles. The van der Waals surface area contributed by atoms with Gasteiger partial charge in [-0.15, -0.1) is 0 Å². The van der Waals surface area contributed by atoms with E-state index in [1.54, 1.807) is 0 Å². The number of carbonyl (C=O) groups is 1. The van der Waals surface area contributed by atoms with Crippen molar-refractivity contribution in [1.29, 1.82) is 0 Å². The molecule has 2 unspecified atom stereocenters. The summed E-state index contributed by atoms with van der Waals surface area (Å²) in [4.78, 5) is 16.5. The Kier molecular flexibility index (Phi) is 6.45. The number of aliphatic hydroxyl groups excluding tert-OH is 1. The molecule has 2 N–H and O–H groups in total. The van der Waals surface area contributed by atoms with Crippen molar-refractivity contribution in [3.8, 4) is 0 Å². The first-order valence-corrected chi connectivity index (χ1v) is 8.41. The maximum absolute atomic E-state index is 12.1. The molecular weight excluding hydrogens is 266 g/mol. The van der Waals surface area contributed by atoms with Crippen molar-refractivity contribution in [1.82, 2.24) is 15.1 Å². The molecule has 1 amide bonds. The fourth-order valence-corrected chi connectivity index (χ4v) is 3.63. The number of carbonyl (C=O) groups excluding carboxylic acids is 1. The summed E-state index contributed by atoms with van der Waals surface area (Å²) in [5.74, 6) is 0.173. The highest BCUT2D eigenvalue weighted by Crippen LogP contribution is 2.19. The van der Waals surface area contributed by atoms with E-state index in [4.69, 9.17) is 0 Å². The van der Waals surface area contributed by atoms with Gasteiger partial charge in [-0.2, -0.15) is 0 Å². The van der Waals surface area contributed by atoms with E-state index in [1.807, 2.05) is 0 Å². The molecule has 21 heavy (non-hydrogen) atoms. The maximum Gasteiger partial charge on any atom is 0.221 e. The van der Waals surface area contributed by atoms with Crippen LogP contribution in [0.4, 0.5) is 0 Å². The molecule has 0 aromatic rings. The van der Waals surface area contributed by atoms with Crippen LogP contribution < -0.4 is 5.32 Å². The molecule has 2 rings (SSSR count). The summed E-state index contributed by atoms with van der Waals surface area (Å²) < 4.78 is 0. The van der Waals surface area contributed by atoms with Gasteiger partial charge in [0, 0.05) is 38.1 Å². The van der Waals surface area contributed by atoms with Gasteiger partial charge in [-0.1, -0.05) is 19.3 Å². The molecule has 1 aliphatic carbocycles. The van der Waals surface area contributed by atoms with Crippen molar-refractivity contribution in [3.63, 3.8) is 0 Å². The van der Waals surface area contributed by atoms with Gasteiger partial charge in [-0.3, -0.25) is 9.69 Å². The zero-order valence-electron chi connectivity index (χ0n) is 13.6. The lowest BCUT2D eigenvalue weighted by Gasteiger charge is -2.27. The van der Waals surface area contributed by atoms with Crippen LogP contribution in [0.25, 0.3) is 0 Å². The number of nitrogens with one attached hydrogen (secondary N) is 1. The Morgan fingerprint density at radius 1 is 1.29 bits per heavy atom. The number of rotatable bonds is 6. The Balaban J connectivity index is 1.71. The van der Waals surface area contributed by atoms with Gasteiger partial charge in [0.1, 0.15) is 0 Å². The second kappa shape index (κ2) is 8.11. The SMILES string of the molecule is CN(C)CC1CC(O)CN1CCC(=O)NC1CCCCC1. The van der Waals surface area contributed by atoms with E-state index in [0.29, 0.717) is 25.0 Å². The van der Waals surface area contributed by atoms with Crippen LogP contribution in [0.5, 0.6) is 0 Å². The van der Waals surface area contributed by atoms with Crippen LogP contribution >= 0.6 is 0 Å². The summed E-state index contributed by atoms with van der Waals surface area (Å²) >= 11 is 0. The summed E-state index contributed by atoms with van der Waals surface area (Å²) in [5.41, 5.74) is 0. The molecule has 2 fully saturated rings. The third kappa shape index (κ3) is 5.57. The first-order valence-electron chi connectivity index (χ1n) is 8.41. The lowest BCUT2D eigenvalue weighted by Crippen LogP contribution is -2.41. The molecule has 0 aromatic heterocycles. The third-order valence-corrected chi connectivity index (χ3v) is 4.68. The summed E-state index contributed by atoms with van der Waals surface area (Å²) in [7, 11) is 4.11. The quantitative estimate of drug-likeness (QED) is 0.762. The Hall–Kier alpha value is -0.650. The Morgan fingerprint density at radius 2 is 2.00 bits per heavy atom. The van der Waals surface area contributed by atoms with Crippen LogP contribution in [0.15, 0.2) is 0 Å². The van der Waals surface area contributed by atoms with Crippen LogP contribution in [0.2, 0.25) is 0 Å². The molecule has 1 aliphatic heterocycles. The van der Waals surface area contributed by atoms with Gasteiger partial charge in [-0.25, -0.2) is 0 Å². The first-order chi connectivity index (χ1) is 10.0. The summed E-state index contributed by atoms with van der Waals surface area (Å²) in [5, 5.41) is 13.0. The van der Waals surface area contributed by atoms with Crippen LogP contribution in [-0.2, 0) is 4.79 Å². The van der Waals surface area contributed by atoms with Crippen LogP contribution in [0, 0.1) is 0 Å². The average molecular weight is 297 g/mol. The number of likely N-dealkylation sites (tertiary alicyclic amines) is 1. The summed E-state index contributed by atoms with van der Waals surface area (Å²) in [6.45, 7) is 2.41. The van der Waals surface area contributed by atoms with Gasteiger partial charge in [0.15, 0.2) is 0 Å². The predicted octanol–water partition coefficient (Wildman–Crippen LogP) is 0.822. The molecule has 5 heteroatoms. The third-order valence-electron chi connectivity index (χ3n) is 4.68. The Morgan fingerprint density at radius 3 is 2.67 bits per heavy atom. The molecule has 0 spiro atoms. The minimum Gasteiger partial charge on any atom is -0.392 e. The highest BCUT2D eigenvalue weighted by atomic mass is 16.3. The second-order valence-electron chi connectivity index (χ2n) is 6.95. The number of nitrogens with zero attached hydrogens (tertiary/aromatic N) is 2. The van der Waals surface area contributed by atoms with Crippen LogP contribution in [0.1, 0.15) is 44.9 Å². The average Bonchev–Trinajstić information content (AvgIpc) is 2.77. The smallest absolute Gasteiger partial charge is 0.221 e. The number of likely N-dealkylation sites (N-methyl/N-ethyl adjacent to an activating group) is 1. The van der Waals surface area contributed by atoms with Crippen LogP contribution in [0.3, 0.4) is 0 Å². The van der Waals surface area contributed by atoms with E-state index >= 15 is 0 Å². The van der Waals surface area contributed by atoms with Crippen molar-refractivity contribution < 1.29 is 9.90 Å². The molecule has 5 nitrogen and oxygen atoms in total. The van der Waals surface area contributed by atoms with E-state index in [-0.39, 0.29) is 12.0 Å². The Labute approximate surface area is 128 Å². The highest BCUT2D eigenvalue weighted by molar-refractivity contribution is 5.76. The second-order valence-corrected chi connectivity index (χ2v) is 6.95. The number of β-amino-alcohol motifs (C(OH)–C–C–N with tert-alkyl or cyclic N) is 1. The monoisotopic (exact) mass is 297 g/mol. The van der Waals surface area contributed by atoms with Crippen LogP contribution in [-0.4, -0.2) is 72.7 Å². The number of aliphatic hydroxyl groups is 1. The number of hydrogen-bond donors (Lipinski definition) is 2. The lowest BCUT2D eigenvalue weighted by atomic mass is 9.95. The summed E-state index contributed by atoms with van der Waals surface area (Å²) in [6.07, 6.45) is 7.20. The van der Waals surface area contributed by atoms with E-state index in [2.05, 4.69) is 29.2 Å². The molecule has 0 bridgehead atoms. The molecule has 1 heterocycles. The normalized spacial score (nSPS) is 28.2. The fourth-order valence-electron chi connectivity index (χ4n) is 3.63. The van der Waals surface area contributed by atoms with Crippen molar-refractivity contribution in [3.05, 3.63) is 0 Å². The fraction of sp³-hybridized carbons (Fsp3) is 0.938. The minimum atomic E-state index is -0.239. The van der Waals surface area contributed by atoms with E-state index in [9.17, 15) is 9.90 Å². The maximum atomic E-state index is 12.1. The Bertz CT molecular complexity index is 329.